The van der Waals surface area contributed by atoms with E-state index in [9.17, 15) is 4.79 Å². The minimum Gasteiger partial charge on any atom is -0.307 e. The van der Waals surface area contributed by atoms with Gasteiger partial charge in [-0.2, -0.15) is 5.10 Å². The second-order valence-electron chi connectivity index (χ2n) is 6.32. The quantitative estimate of drug-likeness (QED) is 0.604. The highest BCUT2D eigenvalue weighted by Crippen LogP contribution is 2.33. The van der Waals surface area contributed by atoms with Crippen molar-refractivity contribution in [2.45, 2.75) is 6.42 Å². The molecular formula is C21H19N5O. The number of pyridine rings is 3. The Bertz CT molecular complexity index is 1200. The molecule has 0 aromatic carbocycles. The van der Waals surface area contributed by atoms with Gasteiger partial charge in [0.15, 0.2) is 0 Å². The lowest BCUT2D eigenvalue weighted by molar-refractivity contribution is 0.102. The van der Waals surface area contributed by atoms with Gasteiger partial charge >= 0.3 is 0 Å². The number of allylic oxidation sites excluding steroid dienone is 1. The smallest absolute Gasteiger partial charge is 0.256 e. The van der Waals surface area contributed by atoms with Crippen molar-refractivity contribution < 1.29 is 7.65 Å². The first-order valence-electron chi connectivity index (χ1n) is 8.63. The van der Waals surface area contributed by atoms with Gasteiger partial charge in [0, 0.05) is 45.2 Å². The van der Waals surface area contributed by atoms with E-state index in [0.29, 0.717) is 11.4 Å². The van der Waals surface area contributed by atoms with Crippen LogP contribution in [0.2, 0.25) is 0 Å². The van der Waals surface area contributed by atoms with Gasteiger partial charge in [-0.05, 0) is 53.6 Å². The Labute approximate surface area is 158 Å². The molecule has 1 aliphatic carbocycles. The highest BCUT2D eigenvalue weighted by molar-refractivity contribution is 6.03. The van der Waals surface area contributed by atoms with Crippen molar-refractivity contribution in [1.82, 2.24) is 19.6 Å². The molecule has 6 heteroatoms. The lowest BCUT2D eigenvalue weighted by atomic mass is 10.0. The topological polar surface area (TPSA) is 72.2 Å². The van der Waals surface area contributed by atoms with Crippen LogP contribution in [-0.4, -0.2) is 25.5 Å². The van der Waals surface area contributed by atoms with Crippen LogP contribution in [0.1, 0.15) is 30.0 Å². The average Bonchev–Trinajstić information content (AvgIpc) is 3.34. The fraction of sp³-hybridized carbons (Fsp3) is 0.0476. The maximum absolute atomic E-state index is 12.3. The number of amides is 1. The molecule has 0 bridgehead atoms. The summed E-state index contributed by atoms with van der Waals surface area (Å²) < 4.78 is 1.84. The zero-order chi connectivity index (χ0) is 18.2. The standard InChI is InChI=1S/C21H15N5O.2H2/c27-21(14-5-9-22-10-6-14)25-20-4-2-18-17(1-3-19(18)24-20)15-8-12-26-16(13-15)7-11-23-26;;/h1-2,4-13H,3H2,(H,24,25,27);2*1H. The molecule has 5 rings (SSSR count). The average molecular weight is 357 g/mol. The van der Waals surface area contributed by atoms with Crippen LogP contribution in [0.25, 0.3) is 11.1 Å². The van der Waals surface area contributed by atoms with Gasteiger partial charge in [0.2, 0.25) is 0 Å². The molecular weight excluding hydrogens is 338 g/mol. The number of rotatable bonds is 3. The Morgan fingerprint density at radius 2 is 1.96 bits per heavy atom. The van der Waals surface area contributed by atoms with E-state index in [2.05, 4.69) is 38.6 Å². The maximum Gasteiger partial charge on any atom is 0.256 e. The van der Waals surface area contributed by atoms with Crippen molar-refractivity contribution in [3.05, 3.63) is 95.7 Å². The van der Waals surface area contributed by atoms with Gasteiger partial charge in [0.1, 0.15) is 5.82 Å². The summed E-state index contributed by atoms with van der Waals surface area (Å²) in [5.41, 5.74) is 5.97. The molecule has 1 amide bonds. The van der Waals surface area contributed by atoms with Crippen LogP contribution in [0, 0.1) is 0 Å². The molecule has 134 valence electrons. The van der Waals surface area contributed by atoms with E-state index in [1.807, 2.05) is 28.9 Å². The van der Waals surface area contributed by atoms with E-state index in [0.717, 1.165) is 34.3 Å². The number of hydrogen-bond donors (Lipinski definition) is 1. The van der Waals surface area contributed by atoms with Crippen LogP contribution in [-0.2, 0) is 6.42 Å². The highest BCUT2D eigenvalue weighted by Gasteiger charge is 2.18. The molecule has 1 aliphatic rings. The number of aromatic nitrogens is 4. The first-order chi connectivity index (χ1) is 13.3. The van der Waals surface area contributed by atoms with Gasteiger partial charge < -0.3 is 5.32 Å². The van der Waals surface area contributed by atoms with Crippen LogP contribution in [0.15, 0.2) is 73.3 Å². The van der Waals surface area contributed by atoms with Crippen LogP contribution >= 0.6 is 0 Å². The summed E-state index contributed by atoms with van der Waals surface area (Å²) in [5.74, 6) is 0.360. The molecule has 0 unspecified atom stereocenters. The molecule has 27 heavy (non-hydrogen) atoms. The predicted octanol–water partition coefficient (Wildman–Crippen LogP) is 3.86. The molecule has 4 aromatic rings. The third-order valence-corrected chi connectivity index (χ3v) is 4.66. The van der Waals surface area contributed by atoms with Crippen molar-refractivity contribution in [1.29, 1.82) is 0 Å². The molecule has 0 radical (unpaired) electrons. The minimum absolute atomic E-state index is 0. The molecule has 0 fully saturated rings. The number of carbonyl (C=O) groups excluding carboxylic acids is 1. The monoisotopic (exact) mass is 357 g/mol. The number of anilines is 1. The summed E-state index contributed by atoms with van der Waals surface area (Å²) in [6.45, 7) is 0. The van der Waals surface area contributed by atoms with Crippen molar-refractivity contribution in [2.75, 3.05) is 5.32 Å². The van der Waals surface area contributed by atoms with E-state index in [-0.39, 0.29) is 8.76 Å². The molecule has 0 saturated carbocycles. The first kappa shape index (κ1) is 15.5. The summed E-state index contributed by atoms with van der Waals surface area (Å²) in [6, 6.07) is 13.4. The summed E-state index contributed by atoms with van der Waals surface area (Å²) in [4.78, 5) is 20.9. The molecule has 0 spiro atoms. The maximum atomic E-state index is 12.3. The zero-order valence-corrected chi connectivity index (χ0v) is 14.3. The largest absolute Gasteiger partial charge is 0.307 e. The second-order valence-corrected chi connectivity index (χ2v) is 6.32. The number of fused-ring (bicyclic) bond motifs is 2. The lowest BCUT2D eigenvalue weighted by Gasteiger charge is -2.09. The third kappa shape index (κ3) is 2.77. The van der Waals surface area contributed by atoms with Crippen LogP contribution in [0.5, 0.6) is 0 Å². The molecule has 4 heterocycles. The van der Waals surface area contributed by atoms with Gasteiger partial charge in [0.05, 0.1) is 11.2 Å². The second kappa shape index (κ2) is 6.17. The van der Waals surface area contributed by atoms with Crippen LogP contribution < -0.4 is 5.32 Å². The zero-order valence-electron chi connectivity index (χ0n) is 14.3. The Morgan fingerprint density at radius 3 is 2.85 bits per heavy atom. The Balaban J connectivity index is 0.00000120. The Hall–Kier alpha value is -3.80. The predicted molar refractivity (Wildman–Crippen MR) is 107 cm³/mol. The van der Waals surface area contributed by atoms with Crippen molar-refractivity contribution in [3.63, 3.8) is 0 Å². The molecule has 6 nitrogen and oxygen atoms in total. The first-order valence-corrected chi connectivity index (χ1v) is 8.63. The number of nitrogens with zero attached hydrogens (tertiary/aromatic N) is 4. The number of hydrogen-bond acceptors (Lipinski definition) is 4. The summed E-state index contributed by atoms with van der Waals surface area (Å²) >= 11 is 0. The van der Waals surface area contributed by atoms with Crippen molar-refractivity contribution >= 4 is 22.8 Å². The van der Waals surface area contributed by atoms with Gasteiger partial charge in [-0.15, -0.1) is 0 Å². The van der Waals surface area contributed by atoms with Crippen LogP contribution in [0.3, 0.4) is 0 Å². The van der Waals surface area contributed by atoms with E-state index < -0.39 is 0 Å². The van der Waals surface area contributed by atoms with Crippen LogP contribution in [0.4, 0.5) is 5.82 Å². The number of nitrogens with one attached hydrogen (secondary N) is 1. The summed E-state index contributed by atoms with van der Waals surface area (Å²) in [7, 11) is 0. The molecule has 0 aliphatic heterocycles. The van der Waals surface area contributed by atoms with E-state index in [4.69, 9.17) is 0 Å². The normalized spacial score (nSPS) is 12.7. The molecule has 0 saturated heterocycles. The van der Waals surface area contributed by atoms with Crippen molar-refractivity contribution in [2.24, 2.45) is 0 Å². The summed E-state index contributed by atoms with van der Waals surface area (Å²) in [6.07, 6.45) is 9.86. The Morgan fingerprint density at radius 1 is 1.07 bits per heavy atom. The van der Waals surface area contributed by atoms with E-state index in [1.165, 1.54) is 0 Å². The molecule has 0 atom stereocenters. The SMILES string of the molecule is O=C(Nc1ccc2c(n1)CC=C2c1ccn2nccc2c1)c1ccncc1.[HH].[HH]. The fourth-order valence-corrected chi connectivity index (χ4v) is 3.33. The number of carbonyl (C=O) groups is 1. The summed E-state index contributed by atoms with van der Waals surface area (Å²) in [5, 5.41) is 7.09. The molecule has 1 N–H and O–H groups in total. The highest BCUT2D eigenvalue weighted by atomic mass is 16.1. The van der Waals surface area contributed by atoms with Gasteiger partial charge in [0.25, 0.3) is 5.91 Å². The third-order valence-electron chi connectivity index (χ3n) is 4.66. The van der Waals surface area contributed by atoms with E-state index in [1.54, 1.807) is 30.7 Å². The Kier molecular flexibility index (Phi) is 3.53. The fourth-order valence-electron chi connectivity index (χ4n) is 3.33. The van der Waals surface area contributed by atoms with Gasteiger partial charge in [-0.1, -0.05) is 6.08 Å². The van der Waals surface area contributed by atoms with Crippen molar-refractivity contribution in [3.8, 4) is 0 Å². The van der Waals surface area contributed by atoms with E-state index >= 15 is 0 Å². The van der Waals surface area contributed by atoms with Gasteiger partial charge in [-0.3, -0.25) is 9.78 Å². The minimum atomic E-state index is -0.192. The molecule has 4 aromatic heterocycles. The lowest BCUT2D eigenvalue weighted by Crippen LogP contribution is -2.13. The van der Waals surface area contributed by atoms with Gasteiger partial charge in [-0.25, -0.2) is 9.50 Å².